The maximum Gasteiger partial charge on any atom is 0.127 e. The SMILES string of the molecule is [Pt].[c]1ccc(Oc2ccccc2)cc1. The van der Waals surface area contributed by atoms with Crippen LogP contribution in [0.3, 0.4) is 0 Å². The summed E-state index contributed by atoms with van der Waals surface area (Å²) in [6, 6.07) is 20.1. The van der Waals surface area contributed by atoms with Gasteiger partial charge in [0, 0.05) is 21.1 Å². The number of hydrogen-bond donors (Lipinski definition) is 0. The van der Waals surface area contributed by atoms with Crippen LogP contribution >= 0.6 is 0 Å². The van der Waals surface area contributed by atoms with Gasteiger partial charge in [0.1, 0.15) is 11.5 Å². The molecule has 0 fully saturated rings. The van der Waals surface area contributed by atoms with Crippen LogP contribution in [-0.4, -0.2) is 0 Å². The summed E-state index contributed by atoms with van der Waals surface area (Å²) in [6.45, 7) is 0. The van der Waals surface area contributed by atoms with Crippen molar-refractivity contribution in [3.05, 3.63) is 60.7 Å². The van der Waals surface area contributed by atoms with Crippen molar-refractivity contribution in [1.82, 2.24) is 0 Å². The van der Waals surface area contributed by atoms with Crippen LogP contribution in [0.15, 0.2) is 54.6 Å². The molecule has 1 nitrogen and oxygen atoms in total. The van der Waals surface area contributed by atoms with E-state index in [2.05, 4.69) is 6.07 Å². The van der Waals surface area contributed by atoms with Gasteiger partial charge in [-0.2, -0.15) is 0 Å². The second kappa shape index (κ2) is 5.61. The quantitative estimate of drug-likeness (QED) is 0.795. The van der Waals surface area contributed by atoms with E-state index in [1.165, 1.54) is 0 Å². The Labute approximate surface area is 98.0 Å². The summed E-state index contributed by atoms with van der Waals surface area (Å²) in [6.07, 6.45) is 0. The van der Waals surface area contributed by atoms with E-state index in [4.69, 9.17) is 4.74 Å². The Morgan fingerprint density at radius 1 is 0.786 bits per heavy atom. The van der Waals surface area contributed by atoms with Gasteiger partial charge in [0.2, 0.25) is 0 Å². The Kier molecular flexibility index (Phi) is 4.41. The smallest absolute Gasteiger partial charge is 0.127 e. The van der Waals surface area contributed by atoms with E-state index in [-0.39, 0.29) is 21.1 Å². The Hall–Kier alpha value is -1.07. The van der Waals surface area contributed by atoms with Crippen molar-refractivity contribution in [2.45, 2.75) is 0 Å². The Morgan fingerprint density at radius 3 is 2.00 bits per heavy atom. The largest absolute Gasteiger partial charge is 0.457 e. The standard InChI is InChI=1S/C12H9O.Pt/c1-3-7-11(8-4-1)13-12-9-5-2-6-10-12;/h1,3-10H;. The molecule has 0 saturated heterocycles. The maximum atomic E-state index is 5.56. The third-order valence-corrected chi connectivity index (χ3v) is 1.67. The third kappa shape index (κ3) is 3.01. The van der Waals surface area contributed by atoms with E-state index >= 15 is 0 Å². The number of hydrogen-bond acceptors (Lipinski definition) is 1. The van der Waals surface area contributed by atoms with E-state index in [1.54, 1.807) is 0 Å². The van der Waals surface area contributed by atoms with Crippen LogP contribution < -0.4 is 4.74 Å². The Morgan fingerprint density at radius 2 is 1.36 bits per heavy atom. The second-order valence-electron chi connectivity index (χ2n) is 2.65. The molecule has 0 heterocycles. The average molecular weight is 364 g/mol. The molecule has 0 amide bonds. The summed E-state index contributed by atoms with van der Waals surface area (Å²) < 4.78 is 5.56. The molecule has 0 saturated carbocycles. The topological polar surface area (TPSA) is 9.23 Å². The van der Waals surface area contributed by atoms with E-state index in [9.17, 15) is 0 Å². The summed E-state index contributed by atoms with van der Waals surface area (Å²) in [5, 5.41) is 0. The van der Waals surface area contributed by atoms with Crippen molar-refractivity contribution in [3.8, 4) is 11.5 Å². The third-order valence-electron chi connectivity index (χ3n) is 1.67. The molecule has 0 aliphatic heterocycles. The first-order chi connectivity index (χ1) is 6.45. The zero-order valence-electron chi connectivity index (χ0n) is 7.42. The van der Waals surface area contributed by atoms with Crippen LogP contribution in [0.5, 0.6) is 11.5 Å². The predicted molar refractivity (Wildman–Crippen MR) is 51.8 cm³/mol. The molecule has 0 aromatic heterocycles. The molecule has 0 atom stereocenters. The van der Waals surface area contributed by atoms with Crippen LogP contribution in [0.2, 0.25) is 0 Å². The predicted octanol–water partition coefficient (Wildman–Crippen LogP) is 3.28. The van der Waals surface area contributed by atoms with Crippen LogP contribution in [0.4, 0.5) is 0 Å². The number of rotatable bonds is 2. The van der Waals surface area contributed by atoms with Gasteiger partial charge < -0.3 is 4.74 Å². The van der Waals surface area contributed by atoms with Gasteiger partial charge >= 0.3 is 0 Å². The molecular weight excluding hydrogens is 355 g/mol. The average Bonchev–Trinajstić information content (AvgIpc) is 2.21. The fourth-order valence-electron chi connectivity index (χ4n) is 1.06. The Bertz CT molecular complexity index is 321. The maximum absolute atomic E-state index is 5.56. The molecule has 14 heavy (non-hydrogen) atoms. The van der Waals surface area contributed by atoms with Crippen molar-refractivity contribution in [3.63, 3.8) is 0 Å². The first-order valence-corrected chi connectivity index (χ1v) is 4.14. The molecule has 0 N–H and O–H groups in total. The fourth-order valence-corrected chi connectivity index (χ4v) is 1.06. The van der Waals surface area contributed by atoms with Crippen molar-refractivity contribution >= 4 is 0 Å². The van der Waals surface area contributed by atoms with E-state index in [0.717, 1.165) is 11.5 Å². The van der Waals surface area contributed by atoms with Crippen LogP contribution in [0, 0.1) is 6.07 Å². The summed E-state index contributed by atoms with van der Waals surface area (Å²) >= 11 is 0. The molecule has 2 aromatic carbocycles. The van der Waals surface area contributed by atoms with Gasteiger partial charge in [0.05, 0.1) is 0 Å². The summed E-state index contributed by atoms with van der Waals surface area (Å²) in [4.78, 5) is 0. The van der Waals surface area contributed by atoms with Gasteiger partial charge in [-0.25, -0.2) is 0 Å². The fraction of sp³-hybridized carbons (Fsp3) is 0. The molecule has 2 heteroatoms. The van der Waals surface area contributed by atoms with Gasteiger partial charge in [0.25, 0.3) is 0 Å². The first kappa shape index (κ1) is 11.0. The normalized spacial score (nSPS) is 8.86. The van der Waals surface area contributed by atoms with Gasteiger partial charge in [-0.05, 0) is 30.3 Å². The summed E-state index contributed by atoms with van der Waals surface area (Å²) in [7, 11) is 0. The van der Waals surface area contributed by atoms with Gasteiger partial charge in [0.15, 0.2) is 0 Å². The number of para-hydroxylation sites is 1. The second-order valence-corrected chi connectivity index (χ2v) is 2.65. The zero-order chi connectivity index (χ0) is 8.93. The van der Waals surface area contributed by atoms with Gasteiger partial charge in [-0.15, -0.1) is 0 Å². The number of ether oxygens (including phenoxy) is 1. The van der Waals surface area contributed by atoms with Gasteiger partial charge in [-0.1, -0.05) is 30.3 Å². The van der Waals surface area contributed by atoms with Crippen LogP contribution in [0.25, 0.3) is 0 Å². The molecular formula is C12H9OPt. The first-order valence-electron chi connectivity index (χ1n) is 4.14. The van der Waals surface area contributed by atoms with Crippen molar-refractivity contribution in [2.24, 2.45) is 0 Å². The van der Waals surface area contributed by atoms with Crippen molar-refractivity contribution in [1.29, 1.82) is 0 Å². The molecule has 0 unspecified atom stereocenters. The van der Waals surface area contributed by atoms with Crippen molar-refractivity contribution in [2.75, 3.05) is 0 Å². The van der Waals surface area contributed by atoms with Crippen molar-refractivity contribution < 1.29 is 25.8 Å². The summed E-state index contributed by atoms with van der Waals surface area (Å²) in [5.74, 6) is 1.69. The van der Waals surface area contributed by atoms with E-state index in [0.29, 0.717) is 0 Å². The molecule has 2 rings (SSSR count). The minimum Gasteiger partial charge on any atom is -0.457 e. The molecule has 0 aliphatic carbocycles. The molecule has 2 aromatic rings. The van der Waals surface area contributed by atoms with E-state index < -0.39 is 0 Å². The molecule has 73 valence electrons. The van der Waals surface area contributed by atoms with Crippen LogP contribution in [-0.2, 0) is 21.1 Å². The molecule has 1 radical (unpaired) electrons. The number of benzene rings is 2. The molecule has 0 spiro atoms. The monoisotopic (exact) mass is 364 g/mol. The minimum atomic E-state index is 0. The summed E-state index contributed by atoms with van der Waals surface area (Å²) in [5.41, 5.74) is 0. The minimum absolute atomic E-state index is 0. The van der Waals surface area contributed by atoms with E-state index in [1.807, 2.05) is 54.6 Å². The Balaban J connectivity index is 0.000000980. The van der Waals surface area contributed by atoms with Crippen LogP contribution in [0.1, 0.15) is 0 Å². The van der Waals surface area contributed by atoms with Gasteiger partial charge in [-0.3, -0.25) is 0 Å². The zero-order valence-corrected chi connectivity index (χ0v) is 9.69. The molecule has 0 aliphatic rings. The molecule has 0 bridgehead atoms.